The molecule has 4 aromatic rings. The highest BCUT2D eigenvalue weighted by atomic mass is 19.4. The molecule has 0 saturated carbocycles. The maximum absolute atomic E-state index is 13.2. The normalized spacial score (nSPS) is 12.5. The number of nitrogens with zero attached hydrogens (tertiary/aromatic N) is 2. The van der Waals surface area contributed by atoms with Gasteiger partial charge in [0.2, 0.25) is 5.76 Å². The highest BCUT2D eigenvalue weighted by Gasteiger charge is 2.37. The highest BCUT2D eigenvalue weighted by molar-refractivity contribution is 5.94. The summed E-state index contributed by atoms with van der Waals surface area (Å²) in [4.78, 5) is 11.1. The number of alkyl halides is 6. The van der Waals surface area contributed by atoms with E-state index in [0.717, 1.165) is 10.7 Å². The number of carboxylic acid groups (broad SMARTS) is 1. The van der Waals surface area contributed by atoms with Gasteiger partial charge in [-0.1, -0.05) is 18.2 Å². The maximum atomic E-state index is 13.2. The highest BCUT2D eigenvalue weighted by Crippen LogP contribution is 2.38. The van der Waals surface area contributed by atoms with Crippen LogP contribution >= 0.6 is 0 Å². The average Bonchev–Trinajstić information content (AvgIpc) is 3.31. The molecule has 0 amide bonds. The molecule has 0 radical (unpaired) electrons. The van der Waals surface area contributed by atoms with Crippen molar-refractivity contribution in [2.45, 2.75) is 12.4 Å². The summed E-state index contributed by atoms with van der Waals surface area (Å²) in [6, 6.07) is 9.73. The Labute approximate surface area is 169 Å². The van der Waals surface area contributed by atoms with E-state index in [1.54, 1.807) is 6.07 Å². The van der Waals surface area contributed by atoms with E-state index in [0.29, 0.717) is 17.5 Å². The van der Waals surface area contributed by atoms with Crippen molar-refractivity contribution in [1.82, 2.24) is 9.78 Å². The zero-order valence-electron chi connectivity index (χ0n) is 15.1. The van der Waals surface area contributed by atoms with Crippen LogP contribution in [0.4, 0.5) is 26.3 Å². The van der Waals surface area contributed by atoms with E-state index < -0.39 is 40.9 Å². The molecule has 0 aliphatic rings. The first-order valence-corrected chi connectivity index (χ1v) is 8.56. The van der Waals surface area contributed by atoms with Crippen LogP contribution in [-0.2, 0) is 12.4 Å². The van der Waals surface area contributed by atoms with Gasteiger partial charge < -0.3 is 9.52 Å². The second-order valence-electron chi connectivity index (χ2n) is 6.51. The summed E-state index contributed by atoms with van der Waals surface area (Å²) in [5, 5.41) is 13.5. The lowest BCUT2D eigenvalue weighted by Gasteiger charge is -2.14. The number of aromatic nitrogens is 2. The fourth-order valence-electron chi connectivity index (χ4n) is 3.09. The van der Waals surface area contributed by atoms with Crippen LogP contribution in [0.1, 0.15) is 21.7 Å². The molecule has 0 aliphatic heterocycles. The molecule has 0 spiro atoms. The van der Waals surface area contributed by atoms with Crippen LogP contribution in [0.2, 0.25) is 0 Å². The summed E-state index contributed by atoms with van der Waals surface area (Å²) < 4.78 is 85.6. The van der Waals surface area contributed by atoms with Crippen LogP contribution in [0, 0.1) is 0 Å². The molecule has 5 nitrogen and oxygen atoms in total. The van der Waals surface area contributed by atoms with Gasteiger partial charge in [-0.2, -0.15) is 31.4 Å². The monoisotopic (exact) mass is 440 g/mol. The fourth-order valence-corrected chi connectivity index (χ4v) is 3.09. The number of carboxylic acids is 1. The van der Waals surface area contributed by atoms with Gasteiger partial charge >= 0.3 is 18.3 Å². The van der Waals surface area contributed by atoms with E-state index in [2.05, 4.69) is 5.10 Å². The van der Waals surface area contributed by atoms with Gasteiger partial charge in [0.05, 0.1) is 22.3 Å². The topological polar surface area (TPSA) is 68.3 Å². The van der Waals surface area contributed by atoms with Crippen LogP contribution < -0.4 is 0 Å². The van der Waals surface area contributed by atoms with Crippen LogP contribution in [0.3, 0.4) is 0 Å². The smallest absolute Gasteiger partial charge is 0.416 e. The summed E-state index contributed by atoms with van der Waals surface area (Å²) in [6.45, 7) is 0. The molecule has 0 atom stereocenters. The number of fused-ring (bicyclic) bond motifs is 1. The molecule has 2 heterocycles. The summed E-state index contributed by atoms with van der Waals surface area (Å²) in [7, 11) is 0. The minimum Gasteiger partial charge on any atom is -0.475 e. The number of aromatic carboxylic acids is 1. The van der Waals surface area contributed by atoms with E-state index in [9.17, 15) is 31.1 Å². The van der Waals surface area contributed by atoms with Gasteiger partial charge in [-0.3, -0.25) is 0 Å². The van der Waals surface area contributed by atoms with Gasteiger partial charge in [0.15, 0.2) is 5.76 Å². The van der Waals surface area contributed by atoms with E-state index in [4.69, 9.17) is 9.52 Å². The van der Waals surface area contributed by atoms with Crippen molar-refractivity contribution in [3.63, 3.8) is 0 Å². The predicted octanol–water partition coefficient (Wildman–Crippen LogP) is 6.02. The molecule has 1 N–H and O–H groups in total. The summed E-state index contributed by atoms with van der Waals surface area (Å²) in [5.41, 5.74) is -3.16. The van der Waals surface area contributed by atoms with E-state index in [-0.39, 0.29) is 23.0 Å². The average molecular weight is 440 g/mol. The third-order valence-electron chi connectivity index (χ3n) is 4.45. The van der Waals surface area contributed by atoms with Crippen molar-refractivity contribution in [3.05, 3.63) is 71.5 Å². The van der Waals surface area contributed by atoms with Crippen LogP contribution in [0.5, 0.6) is 0 Å². The maximum Gasteiger partial charge on any atom is 0.416 e. The van der Waals surface area contributed by atoms with Gasteiger partial charge in [-0.15, -0.1) is 0 Å². The second kappa shape index (κ2) is 6.89. The van der Waals surface area contributed by atoms with Crippen molar-refractivity contribution >= 4 is 16.9 Å². The van der Waals surface area contributed by atoms with E-state index in [1.807, 2.05) is 0 Å². The van der Waals surface area contributed by atoms with Crippen molar-refractivity contribution in [3.8, 4) is 17.1 Å². The minimum atomic E-state index is -5.01. The zero-order chi connectivity index (χ0) is 22.6. The lowest BCUT2D eigenvalue weighted by molar-refractivity contribution is -0.143. The SMILES string of the molecule is O=C(O)c1ccc(-c2nn(-c3cc(C(F)(F)F)cc(C(F)(F)F)c3)c3ccccc23)o1. The number of furan rings is 1. The number of rotatable bonds is 3. The molecule has 0 fully saturated rings. The number of hydrogen-bond acceptors (Lipinski definition) is 3. The first-order valence-electron chi connectivity index (χ1n) is 8.56. The Morgan fingerprint density at radius 3 is 2.06 bits per heavy atom. The van der Waals surface area contributed by atoms with Gasteiger partial charge in [-0.05, 0) is 36.4 Å². The Bertz CT molecular complexity index is 1270. The summed E-state index contributed by atoms with van der Waals surface area (Å²) in [6.07, 6.45) is -10.0. The second-order valence-corrected chi connectivity index (χ2v) is 6.51. The largest absolute Gasteiger partial charge is 0.475 e. The van der Waals surface area contributed by atoms with Crippen LogP contribution in [-0.4, -0.2) is 20.9 Å². The van der Waals surface area contributed by atoms with Gasteiger partial charge in [-0.25, -0.2) is 9.48 Å². The molecule has 0 saturated heterocycles. The molecule has 11 heteroatoms. The quantitative estimate of drug-likeness (QED) is 0.396. The molecule has 4 rings (SSSR count). The van der Waals surface area contributed by atoms with Gasteiger partial charge in [0.25, 0.3) is 0 Å². The summed E-state index contributed by atoms with van der Waals surface area (Å²) >= 11 is 0. The minimum absolute atomic E-state index is 0.00429. The Balaban J connectivity index is 1.98. The first kappa shape index (κ1) is 20.5. The van der Waals surface area contributed by atoms with Crippen molar-refractivity contribution < 1.29 is 40.7 Å². The van der Waals surface area contributed by atoms with Crippen LogP contribution in [0.25, 0.3) is 28.0 Å². The molecule has 2 aromatic carbocycles. The first-order chi connectivity index (χ1) is 14.4. The lowest BCUT2D eigenvalue weighted by Crippen LogP contribution is -2.12. The molecule has 0 unspecified atom stereocenters. The molecule has 31 heavy (non-hydrogen) atoms. The number of hydrogen-bond donors (Lipinski definition) is 1. The summed E-state index contributed by atoms with van der Waals surface area (Å²) in [5.74, 6) is -1.75. The number of carbonyl (C=O) groups is 1. The molecular formula is C20H10F6N2O3. The predicted molar refractivity (Wildman–Crippen MR) is 95.7 cm³/mol. The number of para-hydroxylation sites is 1. The Hall–Kier alpha value is -3.76. The third kappa shape index (κ3) is 3.74. The van der Waals surface area contributed by atoms with Crippen molar-refractivity contribution in [2.24, 2.45) is 0 Å². The molecule has 0 aliphatic carbocycles. The molecule has 2 aromatic heterocycles. The van der Waals surface area contributed by atoms with E-state index in [1.165, 1.54) is 24.3 Å². The number of benzene rings is 2. The molecule has 160 valence electrons. The standard InChI is InChI=1S/C20H10F6N2O3/c21-19(22,23)10-7-11(20(24,25)26)9-12(8-10)28-14-4-2-1-3-13(14)17(27-28)15-5-6-16(31-15)18(29)30/h1-9H,(H,29,30). The number of halogens is 6. The Morgan fingerprint density at radius 1 is 0.903 bits per heavy atom. The molecule has 0 bridgehead atoms. The van der Waals surface area contributed by atoms with Gasteiger partial charge in [0, 0.05) is 5.39 Å². The Morgan fingerprint density at radius 2 is 1.52 bits per heavy atom. The Kier molecular flexibility index (Phi) is 4.56. The fraction of sp³-hybridized carbons (Fsp3) is 0.100. The van der Waals surface area contributed by atoms with Gasteiger partial charge in [0.1, 0.15) is 5.69 Å². The van der Waals surface area contributed by atoms with Crippen LogP contribution in [0.15, 0.2) is 59.0 Å². The lowest BCUT2D eigenvalue weighted by atomic mass is 10.1. The van der Waals surface area contributed by atoms with Crippen molar-refractivity contribution in [1.29, 1.82) is 0 Å². The third-order valence-corrected chi connectivity index (χ3v) is 4.45. The van der Waals surface area contributed by atoms with Crippen molar-refractivity contribution in [2.75, 3.05) is 0 Å². The zero-order valence-corrected chi connectivity index (χ0v) is 15.1. The molecular weight excluding hydrogens is 430 g/mol. The van der Waals surface area contributed by atoms with E-state index >= 15 is 0 Å².